The van der Waals surface area contributed by atoms with Crippen molar-refractivity contribution < 1.29 is 0 Å². The molecule has 0 atom stereocenters. The molecule has 0 saturated heterocycles. The van der Waals surface area contributed by atoms with Gasteiger partial charge in [0.1, 0.15) is 7.59 Å². The number of benzene rings is 2. The summed E-state index contributed by atoms with van der Waals surface area (Å²) in [7, 11) is -6.25. The van der Waals surface area contributed by atoms with Crippen molar-refractivity contribution in [3.8, 4) is 0 Å². The van der Waals surface area contributed by atoms with Crippen LogP contribution in [0, 0.1) is 0 Å². The summed E-state index contributed by atoms with van der Waals surface area (Å²) in [6.45, 7) is 26.6. The zero-order valence-electron chi connectivity index (χ0n) is 19.3. The van der Waals surface area contributed by atoms with E-state index in [1.54, 1.807) is 10.4 Å². The lowest BCUT2D eigenvalue weighted by Crippen LogP contribution is -2.89. The maximum atomic E-state index is 2.79. The molecule has 0 nitrogen and oxygen atoms in total. The molecular weight excluding hydrogens is 389 g/mol. The van der Waals surface area contributed by atoms with Crippen LogP contribution in [0.4, 0.5) is 0 Å². The van der Waals surface area contributed by atoms with E-state index in [-0.39, 0.29) is 5.04 Å². The molecule has 0 N–H and O–H groups in total. The van der Waals surface area contributed by atoms with Gasteiger partial charge in [-0.05, 0) is 5.04 Å². The average molecular weight is 429 g/mol. The molecule has 0 amide bonds. The smallest absolute Gasteiger partial charge is 0.0733 e. The highest BCUT2D eigenvalue weighted by Crippen LogP contribution is 2.46. The van der Waals surface area contributed by atoms with Crippen LogP contribution in [0.1, 0.15) is 20.8 Å². The monoisotopic (exact) mass is 428 g/mol. The normalized spacial score (nSPS) is 14.3. The van der Waals surface area contributed by atoms with E-state index >= 15 is 0 Å². The van der Waals surface area contributed by atoms with Gasteiger partial charge >= 0.3 is 0 Å². The summed E-state index contributed by atoms with van der Waals surface area (Å²) in [5.74, 6) is 0. The lowest BCUT2D eigenvalue weighted by Gasteiger charge is -2.61. The third-order valence-electron chi connectivity index (χ3n) is 7.91. The topological polar surface area (TPSA) is 0 Å². The molecule has 0 fully saturated rings. The van der Waals surface area contributed by atoms with E-state index in [9.17, 15) is 0 Å². The standard InChI is InChI=1S/C23H40Si4/c1-23(2,3)27(21-17-13-11-14-18-21,22-19-15-12-16-20-22)26(9,10)25(7,8)24(4,5)6/h11-20H,1-10H3. The summed E-state index contributed by atoms with van der Waals surface area (Å²) in [5.41, 5.74) is 0. The molecule has 4 heteroatoms. The number of hydrogen-bond donors (Lipinski definition) is 0. The van der Waals surface area contributed by atoms with E-state index in [4.69, 9.17) is 0 Å². The van der Waals surface area contributed by atoms with Crippen molar-refractivity contribution in [3.05, 3.63) is 60.7 Å². The Kier molecular flexibility index (Phi) is 6.10. The van der Waals surface area contributed by atoms with Crippen LogP contribution in [0.2, 0.25) is 50.9 Å². The summed E-state index contributed by atoms with van der Waals surface area (Å²) in [6.07, 6.45) is 0. The second-order valence-electron chi connectivity index (χ2n) is 11.2. The second-order valence-corrected chi connectivity index (χ2v) is 51.1. The molecule has 0 bridgehead atoms. The average Bonchev–Trinajstić information content (AvgIpc) is 2.54. The molecule has 0 aromatic heterocycles. The van der Waals surface area contributed by atoms with Gasteiger partial charge in [-0.3, -0.25) is 0 Å². The quantitative estimate of drug-likeness (QED) is 0.509. The van der Waals surface area contributed by atoms with E-state index in [0.29, 0.717) is 0 Å². The molecule has 0 saturated carbocycles. The summed E-state index contributed by atoms with van der Waals surface area (Å²) < 4.78 is 0. The van der Waals surface area contributed by atoms with Crippen LogP contribution < -0.4 is 10.4 Å². The zero-order valence-corrected chi connectivity index (χ0v) is 23.3. The Morgan fingerprint density at radius 1 is 0.519 bits per heavy atom. The van der Waals surface area contributed by atoms with Gasteiger partial charge in [-0.15, -0.1) is 0 Å². The highest BCUT2D eigenvalue weighted by atomic mass is 29.8. The predicted molar refractivity (Wildman–Crippen MR) is 136 cm³/mol. The lowest BCUT2D eigenvalue weighted by molar-refractivity contribution is 0.742. The molecule has 0 radical (unpaired) electrons. The minimum Gasteiger partial charge on any atom is -0.0733 e. The van der Waals surface area contributed by atoms with Gasteiger partial charge in [0.15, 0.2) is 0 Å². The van der Waals surface area contributed by atoms with E-state index in [1.807, 2.05) is 0 Å². The van der Waals surface area contributed by atoms with Gasteiger partial charge in [-0.1, -0.05) is 138 Å². The van der Waals surface area contributed by atoms with Crippen molar-refractivity contribution >= 4 is 39.8 Å². The first-order valence-electron chi connectivity index (χ1n) is 10.3. The molecule has 0 aliphatic carbocycles. The van der Waals surface area contributed by atoms with Crippen LogP contribution in [-0.4, -0.2) is 29.4 Å². The Balaban J connectivity index is 3.02. The van der Waals surface area contributed by atoms with Crippen LogP contribution in [-0.2, 0) is 0 Å². The molecule has 0 spiro atoms. The van der Waals surface area contributed by atoms with Gasteiger partial charge < -0.3 is 0 Å². The Hall–Kier alpha value is -0.692. The van der Waals surface area contributed by atoms with E-state index in [2.05, 4.69) is 127 Å². The van der Waals surface area contributed by atoms with E-state index in [1.165, 1.54) is 0 Å². The third-order valence-corrected chi connectivity index (χ3v) is 75.2. The maximum Gasteiger partial charge on any atom is 0.113 e. The van der Waals surface area contributed by atoms with Crippen LogP contribution in [0.5, 0.6) is 0 Å². The molecule has 2 aromatic carbocycles. The first-order valence-corrected chi connectivity index (χ1v) is 24.8. The SMILES string of the molecule is CC(C)(C)[Si](c1ccccc1)(c1ccccc1)[Si](C)(C)[Si](C)(C)[Si](C)(C)C. The van der Waals surface area contributed by atoms with Crippen LogP contribution >= 0.6 is 0 Å². The highest BCUT2D eigenvalue weighted by Gasteiger charge is 2.66. The molecule has 0 heterocycles. The summed E-state index contributed by atoms with van der Waals surface area (Å²) in [4.78, 5) is 0. The summed E-state index contributed by atoms with van der Waals surface area (Å²) in [6, 6.07) is 23.3. The van der Waals surface area contributed by atoms with Gasteiger partial charge in [0.05, 0.1) is 0 Å². The molecule has 0 unspecified atom stereocenters. The fraction of sp³-hybridized carbons (Fsp3) is 0.478. The fourth-order valence-electron chi connectivity index (χ4n) is 5.47. The Morgan fingerprint density at radius 3 is 1.11 bits per heavy atom. The van der Waals surface area contributed by atoms with E-state index < -0.39 is 29.4 Å². The third kappa shape index (κ3) is 3.43. The maximum absolute atomic E-state index is 2.79. The van der Waals surface area contributed by atoms with Crippen molar-refractivity contribution in [3.63, 3.8) is 0 Å². The van der Waals surface area contributed by atoms with Crippen LogP contribution in [0.25, 0.3) is 0 Å². The van der Waals surface area contributed by atoms with Gasteiger partial charge in [0.25, 0.3) is 0 Å². The fourth-order valence-corrected chi connectivity index (χ4v) is 80.9. The summed E-state index contributed by atoms with van der Waals surface area (Å²) >= 11 is 0. The molecule has 0 aliphatic heterocycles. The Bertz CT molecular complexity index is 711. The van der Waals surface area contributed by atoms with Gasteiger partial charge in [0.2, 0.25) is 0 Å². The summed E-state index contributed by atoms with van der Waals surface area (Å²) in [5, 5.41) is 3.62. The molecular formula is C23H40Si4. The van der Waals surface area contributed by atoms with E-state index in [0.717, 1.165) is 0 Å². The highest BCUT2D eigenvalue weighted by molar-refractivity contribution is 7.86. The van der Waals surface area contributed by atoms with Gasteiger partial charge in [-0.25, -0.2) is 0 Å². The molecule has 0 aliphatic rings. The zero-order chi connectivity index (χ0) is 20.7. The van der Waals surface area contributed by atoms with Crippen LogP contribution in [0.15, 0.2) is 60.7 Å². The van der Waals surface area contributed by atoms with Crippen molar-refractivity contribution in [1.82, 2.24) is 0 Å². The number of rotatable bonds is 5. The Morgan fingerprint density at radius 2 is 0.852 bits per heavy atom. The molecule has 2 aromatic rings. The largest absolute Gasteiger partial charge is 0.113 e. The van der Waals surface area contributed by atoms with Crippen molar-refractivity contribution in [2.24, 2.45) is 0 Å². The number of hydrogen-bond acceptors (Lipinski definition) is 0. The minimum absolute atomic E-state index is 0.287. The molecule has 2 rings (SSSR count). The molecule has 148 valence electrons. The van der Waals surface area contributed by atoms with Gasteiger partial charge in [-0.2, -0.15) is 0 Å². The predicted octanol–water partition coefficient (Wildman–Crippen LogP) is 6.04. The minimum atomic E-state index is -1.99. The first kappa shape index (κ1) is 22.6. The van der Waals surface area contributed by atoms with Gasteiger partial charge in [0, 0.05) is 21.8 Å². The lowest BCUT2D eigenvalue weighted by atomic mass is 10.2. The van der Waals surface area contributed by atoms with Crippen LogP contribution in [0.3, 0.4) is 0 Å². The van der Waals surface area contributed by atoms with Crippen molar-refractivity contribution in [2.75, 3.05) is 0 Å². The molecule has 27 heavy (non-hydrogen) atoms. The van der Waals surface area contributed by atoms with Crippen molar-refractivity contribution in [1.29, 1.82) is 0 Å². The Labute approximate surface area is 171 Å². The second kappa shape index (κ2) is 7.28. The van der Waals surface area contributed by atoms with Crippen molar-refractivity contribution in [2.45, 2.75) is 71.6 Å². The first-order chi connectivity index (χ1) is 12.2.